The van der Waals surface area contributed by atoms with Crippen molar-refractivity contribution in [2.45, 2.75) is 19.4 Å². The highest BCUT2D eigenvalue weighted by Gasteiger charge is 2.30. The van der Waals surface area contributed by atoms with Gasteiger partial charge in [-0.3, -0.25) is 0 Å². The van der Waals surface area contributed by atoms with Crippen molar-refractivity contribution in [3.05, 3.63) is 12.3 Å². The Morgan fingerprint density at radius 3 is 2.38 bits per heavy atom. The first kappa shape index (κ1) is 5.70. The van der Waals surface area contributed by atoms with E-state index in [9.17, 15) is 0 Å². The lowest BCUT2D eigenvalue weighted by atomic mass is 10.1. The number of hydrogen-bond donors (Lipinski definition) is 0. The summed E-state index contributed by atoms with van der Waals surface area (Å²) in [5.74, 6) is 0.720. The largest absolute Gasteiger partial charge is 0.540 e. The molecule has 0 unspecified atom stereocenters. The first-order valence-electron chi connectivity index (χ1n) is 2.59. The predicted octanol–water partition coefficient (Wildman–Crippen LogP) is 0.592. The molecule has 0 atom stereocenters. The van der Waals surface area contributed by atoms with E-state index in [0.29, 0.717) is 7.69 Å². The van der Waals surface area contributed by atoms with E-state index in [-0.39, 0.29) is 5.60 Å². The lowest BCUT2D eigenvalue weighted by Gasteiger charge is -2.14. The number of hydrogen-bond acceptors (Lipinski definition) is 2. The van der Waals surface area contributed by atoms with E-state index >= 15 is 0 Å². The zero-order valence-corrected chi connectivity index (χ0v) is 5.23. The van der Waals surface area contributed by atoms with E-state index in [4.69, 9.17) is 9.31 Å². The van der Waals surface area contributed by atoms with Crippen LogP contribution in [0.4, 0.5) is 0 Å². The number of rotatable bonds is 0. The molecule has 0 N–H and O–H groups in total. The van der Waals surface area contributed by atoms with Gasteiger partial charge >= 0.3 is 7.69 Å². The summed E-state index contributed by atoms with van der Waals surface area (Å²) in [6, 6.07) is 0. The fraction of sp³-hybridized carbons (Fsp3) is 0.600. The van der Waals surface area contributed by atoms with Gasteiger partial charge in [0.25, 0.3) is 0 Å². The summed E-state index contributed by atoms with van der Waals surface area (Å²) >= 11 is 0. The van der Waals surface area contributed by atoms with Crippen LogP contribution < -0.4 is 0 Å². The maximum Gasteiger partial charge on any atom is 0.507 e. The predicted molar refractivity (Wildman–Crippen MR) is 32.5 cm³/mol. The molecule has 1 heterocycles. The molecule has 1 rings (SSSR count). The topological polar surface area (TPSA) is 18.5 Å². The molecule has 8 heavy (non-hydrogen) atoms. The van der Waals surface area contributed by atoms with Crippen molar-refractivity contribution in [1.82, 2.24) is 0 Å². The quantitative estimate of drug-likeness (QED) is 0.427. The van der Waals surface area contributed by atoms with Crippen LogP contribution >= 0.6 is 0 Å². The monoisotopic (exact) mass is 112 g/mol. The van der Waals surface area contributed by atoms with Crippen LogP contribution in [0, 0.1) is 0 Å². The van der Waals surface area contributed by atoms with Crippen LogP contribution in [0.1, 0.15) is 13.8 Å². The van der Waals surface area contributed by atoms with Gasteiger partial charge in [0.2, 0.25) is 0 Å². The second-order valence-electron chi connectivity index (χ2n) is 2.34. The Labute approximate surface area is 49.8 Å². The summed E-state index contributed by atoms with van der Waals surface area (Å²) in [6.07, 6.45) is 0. The van der Waals surface area contributed by atoms with Gasteiger partial charge in [-0.1, -0.05) is 6.58 Å². The third kappa shape index (κ3) is 0.735. The minimum atomic E-state index is -0.264. The van der Waals surface area contributed by atoms with Gasteiger partial charge in [-0.05, 0) is 13.8 Å². The molecule has 3 heteroatoms. The van der Waals surface area contributed by atoms with Crippen molar-refractivity contribution in [2.75, 3.05) is 0 Å². The molecule has 0 saturated carbocycles. The van der Waals surface area contributed by atoms with Crippen LogP contribution in [-0.4, -0.2) is 13.3 Å². The van der Waals surface area contributed by atoms with Crippen molar-refractivity contribution >= 4 is 7.69 Å². The van der Waals surface area contributed by atoms with Crippen LogP contribution in [0.2, 0.25) is 0 Å². The SMILES string of the molecule is C=C1OBOC1(C)C. The van der Waals surface area contributed by atoms with Gasteiger partial charge < -0.3 is 9.31 Å². The summed E-state index contributed by atoms with van der Waals surface area (Å²) in [6.45, 7) is 7.53. The first-order chi connectivity index (χ1) is 3.63. The Kier molecular flexibility index (Phi) is 1.08. The Morgan fingerprint density at radius 1 is 1.62 bits per heavy atom. The van der Waals surface area contributed by atoms with E-state index in [1.54, 1.807) is 0 Å². The van der Waals surface area contributed by atoms with E-state index in [2.05, 4.69) is 6.58 Å². The summed E-state index contributed by atoms with van der Waals surface area (Å²) < 4.78 is 10.1. The molecule has 0 aromatic heterocycles. The molecule has 2 nitrogen and oxygen atoms in total. The van der Waals surface area contributed by atoms with Crippen LogP contribution in [0.5, 0.6) is 0 Å². The van der Waals surface area contributed by atoms with Crippen LogP contribution in [0.3, 0.4) is 0 Å². The highest BCUT2D eigenvalue weighted by molar-refractivity contribution is 6.20. The average molecular weight is 112 g/mol. The summed E-state index contributed by atoms with van der Waals surface area (Å²) in [4.78, 5) is 0. The Hall–Kier alpha value is -0.435. The zero-order chi connectivity index (χ0) is 6.20. The van der Waals surface area contributed by atoms with Crippen LogP contribution in [-0.2, 0) is 9.31 Å². The van der Waals surface area contributed by atoms with Gasteiger partial charge in [0.15, 0.2) is 0 Å². The fourth-order valence-corrected chi connectivity index (χ4v) is 0.502. The molecule has 1 saturated heterocycles. The van der Waals surface area contributed by atoms with Gasteiger partial charge in [-0.2, -0.15) is 0 Å². The van der Waals surface area contributed by atoms with Crippen molar-refractivity contribution in [2.24, 2.45) is 0 Å². The Balaban J connectivity index is 2.68. The minimum Gasteiger partial charge on any atom is -0.540 e. The molecule has 44 valence electrons. The van der Waals surface area contributed by atoms with Gasteiger partial charge in [-0.25, -0.2) is 0 Å². The van der Waals surface area contributed by atoms with Gasteiger partial charge in [-0.15, -0.1) is 0 Å². The third-order valence-electron chi connectivity index (χ3n) is 1.32. The van der Waals surface area contributed by atoms with Crippen LogP contribution in [0.15, 0.2) is 12.3 Å². The van der Waals surface area contributed by atoms with Gasteiger partial charge in [0.1, 0.15) is 5.60 Å². The summed E-state index contributed by atoms with van der Waals surface area (Å²) in [5, 5.41) is 0. The lowest BCUT2D eigenvalue weighted by Crippen LogP contribution is -2.19. The fourth-order valence-electron chi connectivity index (χ4n) is 0.502. The van der Waals surface area contributed by atoms with E-state index in [0.717, 1.165) is 5.76 Å². The Bertz CT molecular complexity index is 120. The van der Waals surface area contributed by atoms with Crippen molar-refractivity contribution < 1.29 is 9.31 Å². The van der Waals surface area contributed by atoms with Crippen molar-refractivity contribution in [1.29, 1.82) is 0 Å². The second kappa shape index (κ2) is 1.52. The molecular weight excluding hydrogens is 103 g/mol. The average Bonchev–Trinajstić information content (AvgIpc) is 1.86. The molecular formula is C5H9BO2. The molecule has 0 bridgehead atoms. The smallest absolute Gasteiger partial charge is 0.507 e. The summed E-state index contributed by atoms with van der Waals surface area (Å²) in [5.41, 5.74) is -0.264. The molecule has 0 aliphatic carbocycles. The molecule has 0 radical (unpaired) electrons. The minimum absolute atomic E-state index is 0.264. The highest BCUT2D eigenvalue weighted by Crippen LogP contribution is 2.24. The molecule has 0 amide bonds. The standard InChI is InChI=1S/C5H9BO2/c1-4-5(2,3)8-6-7-4/h6H,1H2,2-3H3. The normalized spacial score (nSPS) is 24.5. The first-order valence-corrected chi connectivity index (χ1v) is 2.59. The molecule has 0 spiro atoms. The van der Waals surface area contributed by atoms with Crippen LogP contribution in [0.25, 0.3) is 0 Å². The van der Waals surface area contributed by atoms with Gasteiger partial charge in [0.05, 0.1) is 5.76 Å². The summed E-state index contributed by atoms with van der Waals surface area (Å²) in [7, 11) is 0.353. The molecule has 1 aliphatic heterocycles. The molecule has 0 aromatic rings. The van der Waals surface area contributed by atoms with E-state index in [1.165, 1.54) is 0 Å². The second-order valence-corrected chi connectivity index (χ2v) is 2.34. The maximum atomic E-state index is 5.13. The molecule has 1 aliphatic rings. The Morgan fingerprint density at radius 2 is 2.25 bits per heavy atom. The maximum absolute atomic E-state index is 5.13. The van der Waals surface area contributed by atoms with Crippen molar-refractivity contribution in [3.8, 4) is 0 Å². The molecule has 0 aromatic carbocycles. The van der Waals surface area contributed by atoms with Crippen molar-refractivity contribution in [3.63, 3.8) is 0 Å². The highest BCUT2D eigenvalue weighted by atomic mass is 16.6. The van der Waals surface area contributed by atoms with E-state index in [1.807, 2.05) is 13.8 Å². The molecule has 1 fully saturated rings. The lowest BCUT2D eigenvalue weighted by molar-refractivity contribution is 0.177. The zero-order valence-electron chi connectivity index (χ0n) is 5.23. The van der Waals surface area contributed by atoms with Gasteiger partial charge in [0, 0.05) is 0 Å². The van der Waals surface area contributed by atoms with E-state index < -0.39 is 0 Å². The third-order valence-corrected chi connectivity index (χ3v) is 1.32.